The van der Waals surface area contributed by atoms with E-state index in [1.165, 1.54) is 0 Å². The number of esters is 1. The zero-order valence-electron chi connectivity index (χ0n) is 11.0. The zero-order chi connectivity index (χ0) is 14.2. The molecule has 0 aromatic rings. The Hall–Kier alpha value is -0.390. The van der Waals surface area contributed by atoms with Crippen molar-refractivity contribution < 1.29 is 22.7 Å². The molecule has 6 heteroatoms. The number of thioether (sulfide) groups is 1. The van der Waals surface area contributed by atoms with Crippen molar-refractivity contribution in [3.8, 4) is 0 Å². The van der Waals surface area contributed by atoms with Crippen LogP contribution in [0.5, 0.6) is 0 Å². The van der Waals surface area contributed by atoms with Gasteiger partial charge in [0.15, 0.2) is 0 Å². The molecule has 0 aromatic carbocycles. The molecule has 0 radical (unpaired) electrons. The number of ether oxygens (including phenoxy) is 1. The first-order valence-corrected chi connectivity index (χ1v) is 7.16. The number of hydrogen-bond acceptors (Lipinski definition) is 3. The van der Waals surface area contributed by atoms with Crippen molar-refractivity contribution in [2.75, 3.05) is 12.4 Å². The largest absolute Gasteiger partial charge is 0.465 e. The number of hydrogen-bond donors (Lipinski definition) is 0. The van der Waals surface area contributed by atoms with Gasteiger partial charge >= 0.3 is 12.1 Å². The Morgan fingerprint density at radius 1 is 1.33 bits per heavy atom. The van der Waals surface area contributed by atoms with Gasteiger partial charge in [0.05, 0.1) is 13.0 Å². The minimum absolute atomic E-state index is 0.0951. The van der Waals surface area contributed by atoms with E-state index in [2.05, 4.69) is 0 Å². The standard InChI is InChI=1S/C12H21F3O2S/c1-4-6-17-11(16)10(8-9(2)3)18-7-5-12(13,14)15/h9-10H,4-8H2,1-3H3. The second-order valence-electron chi connectivity index (χ2n) is 4.52. The summed E-state index contributed by atoms with van der Waals surface area (Å²) in [5.74, 6) is -0.234. The van der Waals surface area contributed by atoms with Crippen LogP contribution in [-0.2, 0) is 9.53 Å². The Labute approximate surface area is 111 Å². The third kappa shape index (κ3) is 9.62. The molecule has 0 heterocycles. The highest BCUT2D eigenvalue weighted by Crippen LogP contribution is 2.27. The third-order valence-electron chi connectivity index (χ3n) is 2.10. The lowest BCUT2D eigenvalue weighted by Crippen LogP contribution is -2.23. The zero-order valence-corrected chi connectivity index (χ0v) is 11.9. The van der Waals surface area contributed by atoms with E-state index in [-0.39, 0.29) is 11.7 Å². The Morgan fingerprint density at radius 2 is 1.94 bits per heavy atom. The van der Waals surface area contributed by atoms with Gasteiger partial charge in [0.1, 0.15) is 5.25 Å². The normalized spacial score (nSPS) is 13.7. The molecule has 0 fully saturated rings. The van der Waals surface area contributed by atoms with E-state index in [0.717, 1.165) is 11.8 Å². The summed E-state index contributed by atoms with van der Waals surface area (Å²) in [5, 5.41) is -0.487. The molecule has 0 aliphatic rings. The highest BCUT2D eigenvalue weighted by Gasteiger charge is 2.29. The summed E-state index contributed by atoms with van der Waals surface area (Å²) in [6, 6.07) is 0. The summed E-state index contributed by atoms with van der Waals surface area (Å²) in [6.07, 6.45) is -3.77. The molecule has 0 saturated carbocycles. The van der Waals surface area contributed by atoms with Crippen molar-refractivity contribution in [3.05, 3.63) is 0 Å². The molecule has 0 aliphatic carbocycles. The second-order valence-corrected chi connectivity index (χ2v) is 5.83. The van der Waals surface area contributed by atoms with Crippen LogP contribution in [0, 0.1) is 5.92 Å². The molecule has 0 amide bonds. The first-order valence-electron chi connectivity index (χ1n) is 6.11. The summed E-state index contributed by atoms with van der Waals surface area (Å²) >= 11 is 1.04. The van der Waals surface area contributed by atoms with Crippen LogP contribution in [0.2, 0.25) is 0 Å². The van der Waals surface area contributed by atoms with Crippen LogP contribution < -0.4 is 0 Å². The van der Waals surface area contributed by atoms with Crippen LogP contribution in [0.25, 0.3) is 0 Å². The van der Waals surface area contributed by atoms with Crippen LogP contribution in [0.3, 0.4) is 0 Å². The summed E-state index contributed by atoms with van der Waals surface area (Å²) in [6.45, 7) is 6.07. The highest BCUT2D eigenvalue weighted by atomic mass is 32.2. The van der Waals surface area contributed by atoms with E-state index < -0.39 is 23.8 Å². The van der Waals surface area contributed by atoms with E-state index in [4.69, 9.17) is 4.74 Å². The van der Waals surface area contributed by atoms with E-state index in [9.17, 15) is 18.0 Å². The van der Waals surface area contributed by atoms with Crippen LogP contribution in [-0.4, -0.2) is 29.8 Å². The molecule has 18 heavy (non-hydrogen) atoms. The fourth-order valence-electron chi connectivity index (χ4n) is 1.27. The Kier molecular flexibility index (Phi) is 8.48. The van der Waals surface area contributed by atoms with Gasteiger partial charge in [-0.2, -0.15) is 13.2 Å². The molecular weight excluding hydrogens is 265 g/mol. The second kappa shape index (κ2) is 8.67. The Morgan fingerprint density at radius 3 is 2.39 bits per heavy atom. The van der Waals surface area contributed by atoms with Crippen molar-refractivity contribution in [2.45, 2.75) is 51.5 Å². The molecule has 2 nitrogen and oxygen atoms in total. The lowest BCUT2D eigenvalue weighted by Gasteiger charge is -2.17. The molecular formula is C12H21F3O2S. The van der Waals surface area contributed by atoms with Gasteiger partial charge in [-0.1, -0.05) is 20.8 Å². The predicted molar refractivity (Wildman–Crippen MR) is 67.6 cm³/mol. The molecule has 0 aliphatic heterocycles. The van der Waals surface area contributed by atoms with Crippen molar-refractivity contribution in [3.63, 3.8) is 0 Å². The van der Waals surface area contributed by atoms with Crippen LogP contribution in [0.1, 0.15) is 40.0 Å². The van der Waals surface area contributed by atoms with E-state index in [0.29, 0.717) is 19.4 Å². The molecule has 0 N–H and O–H groups in total. The quantitative estimate of drug-likeness (QED) is 0.630. The number of carbonyl (C=O) groups excluding carboxylic acids is 1. The monoisotopic (exact) mass is 286 g/mol. The average molecular weight is 286 g/mol. The van der Waals surface area contributed by atoms with Gasteiger partial charge in [-0.3, -0.25) is 4.79 Å². The predicted octanol–water partition coefficient (Wildman–Crippen LogP) is 4.04. The fourth-order valence-corrected chi connectivity index (χ4v) is 2.63. The summed E-state index contributed by atoms with van der Waals surface area (Å²) in [4.78, 5) is 11.7. The van der Waals surface area contributed by atoms with Gasteiger partial charge < -0.3 is 4.74 Å². The molecule has 0 saturated heterocycles. The van der Waals surface area contributed by atoms with Crippen molar-refractivity contribution in [1.82, 2.24) is 0 Å². The lowest BCUT2D eigenvalue weighted by atomic mass is 10.1. The lowest BCUT2D eigenvalue weighted by molar-refractivity contribution is -0.143. The van der Waals surface area contributed by atoms with E-state index in [1.807, 2.05) is 20.8 Å². The summed E-state index contributed by atoms with van der Waals surface area (Å²) < 4.78 is 41.1. The molecule has 1 atom stereocenters. The maximum Gasteiger partial charge on any atom is 0.389 e. The van der Waals surface area contributed by atoms with Gasteiger partial charge in [-0.15, -0.1) is 11.8 Å². The van der Waals surface area contributed by atoms with Crippen molar-refractivity contribution in [1.29, 1.82) is 0 Å². The molecule has 0 rings (SSSR count). The van der Waals surface area contributed by atoms with E-state index in [1.54, 1.807) is 0 Å². The minimum Gasteiger partial charge on any atom is -0.465 e. The van der Waals surface area contributed by atoms with Crippen molar-refractivity contribution >= 4 is 17.7 Å². The fraction of sp³-hybridized carbons (Fsp3) is 0.917. The first kappa shape index (κ1) is 17.6. The average Bonchev–Trinajstić information content (AvgIpc) is 2.22. The van der Waals surface area contributed by atoms with Gasteiger partial charge in [0, 0.05) is 5.75 Å². The number of rotatable bonds is 8. The van der Waals surface area contributed by atoms with Gasteiger partial charge in [0.2, 0.25) is 0 Å². The Bertz CT molecular complexity index is 242. The number of carbonyl (C=O) groups is 1. The topological polar surface area (TPSA) is 26.3 Å². The summed E-state index contributed by atoms with van der Waals surface area (Å²) in [5.41, 5.74) is 0. The molecule has 108 valence electrons. The number of halogens is 3. The maximum atomic E-state index is 12.0. The van der Waals surface area contributed by atoms with Gasteiger partial charge in [0.25, 0.3) is 0 Å². The number of alkyl halides is 3. The smallest absolute Gasteiger partial charge is 0.389 e. The minimum atomic E-state index is -4.16. The third-order valence-corrected chi connectivity index (χ3v) is 3.33. The van der Waals surface area contributed by atoms with Crippen LogP contribution in [0.4, 0.5) is 13.2 Å². The molecule has 0 bridgehead atoms. The summed E-state index contributed by atoms with van der Waals surface area (Å²) in [7, 11) is 0. The highest BCUT2D eigenvalue weighted by molar-refractivity contribution is 8.00. The van der Waals surface area contributed by atoms with Crippen LogP contribution >= 0.6 is 11.8 Å². The van der Waals surface area contributed by atoms with Gasteiger partial charge in [-0.05, 0) is 18.8 Å². The SMILES string of the molecule is CCCOC(=O)C(CC(C)C)SCCC(F)(F)F. The first-order chi connectivity index (χ1) is 8.26. The van der Waals surface area contributed by atoms with E-state index >= 15 is 0 Å². The maximum absolute atomic E-state index is 12.0. The molecule has 0 aromatic heterocycles. The van der Waals surface area contributed by atoms with Crippen molar-refractivity contribution in [2.24, 2.45) is 5.92 Å². The molecule has 0 spiro atoms. The molecule has 1 unspecified atom stereocenters. The van der Waals surface area contributed by atoms with Crippen LogP contribution in [0.15, 0.2) is 0 Å². The van der Waals surface area contributed by atoms with Gasteiger partial charge in [-0.25, -0.2) is 0 Å². The Balaban J connectivity index is 4.18.